The largest absolute Gasteiger partial charge is 0.497 e. The molecule has 0 aromatic heterocycles. The zero-order valence-electron chi connectivity index (χ0n) is 13.8. The molecule has 0 unspecified atom stereocenters. The second kappa shape index (κ2) is 8.72. The van der Waals surface area contributed by atoms with Gasteiger partial charge >= 0.3 is 5.97 Å². The first kappa shape index (κ1) is 17.5. The van der Waals surface area contributed by atoms with Crippen LogP contribution in [0, 0.1) is 0 Å². The highest BCUT2D eigenvalue weighted by molar-refractivity contribution is 5.96. The first-order valence-corrected chi connectivity index (χ1v) is 7.83. The van der Waals surface area contributed by atoms with Crippen molar-refractivity contribution >= 4 is 17.6 Å². The molecule has 0 radical (unpaired) electrons. The summed E-state index contributed by atoms with van der Waals surface area (Å²) in [6.45, 7) is 1.88. The molecule has 126 valence electrons. The molecule has 5 heteroatoms. The second-order valence-corrected chi connectivity index (χ2v) is 5.25. The van der Waals surface area contributed by atoms with Crippen LogP contribution < -0.4 is 10.1 Å². The van der Waals surface area contributed by atoms with Gasteiger partial charge in [-0.2, -0.15) is 0 Å². The van der Waals surface area contributed by atoms with Gasteiger partial charge in [-0.1, -0.05) is 43.3 Å². The van der Waals surface area contributed by atoms with Crippen LogP contribution in [0.4, 0.5) is 5.69 Å². The Hall–Kier alpha value is -2.82. The molecule has 2 aromatic rings. The number of ether oxygens (including phenoxy) is 2. The summed E-state index contributed by atoms with van der Waals surface area (Å²) in [7, 11) is 1.56. The molecule has 2 aromatic carbocycles. The molecule has 1 amide bonds. The number of rotatable bonds is 7. The fourth-order valence-corrected chi connectivity index (χ4v) is 2.20. The number of amides is 1. The van der Waals surface area contributed by atoms with Crippen LogP contribution in [0.5, 0.6) is 5.75 Å². The molecule has 1 N–H and O–H groups in total. The number of hydrogen-bond acceptors (Lipinski definition) is 4. The summed E-state index contributed by atoms with van der Waals surface area (Å²) in [5.74, 6) is -0.168. The molecule has 2 rings (SSSR count). The quantitative estimate of drug-likeness (QED) is 0.787. The standard InChI is InChI=1S/C19H21NO4/c1-3-8-17(21)24-18(14-9-5-4-6-10-14)19(22)20-15-11-7-12-16(13-15)23-2/h4-7,9-13,18H,3,8H2,1-2H3,(H,20,22)/t18-/m1/s1. The molecular weight excluding hydrogens is 306 g/mol. The summed E-state index contributed by atoms with van der Waals surface area (Å²) in [4.78, 5) is 24.5. The van der Waals surface area contributed by atoms with E-state index in [0.29, 0.717) is 23.4 Å². The minimum absolute atomic E-state index is 0.274. The van der Waals surface area contributed by atoms with Crippen molar-refractivity contribution in [2.24, 2.45) is 0 Å². The van der Waals surface area contributed by atoms with E-state index in [1.54, 1.807) is 55.6 Å². The van der Waals surface area contributed by atoms with Gasteiger partial charge in [0.15, 0.2) is 0 Å². The average Bonchev–Trinajstić information content (AvgIpc) is 2.60. The van der Waals surface area contributed by atoms with Gasteiger partial charge in [0.2, 0.25) is 6.10 Å². The van der Waals surface area contributed by atoms with Crippen LogP contribution in [-0.4, -0.2) is 19.0 Å². The van der Waals surface area contributed by atoms with Crippen molar-refractivity contribution in [2.45, 2.75) is 25.9 Å². The van der Waals surface area contributed by atoms with Gasteiger partial charge in [-0.05, 0) is 18.6 Å². The molecule has 0 aliphatic rings. The Morgan fingerprint density at radius 1 is 1.08 bits per heavy atom. The zero-order valence-corrected chi connectivity index (χ0v) is 13.8. The van der Waals surface area contributed by atoms with Crippen molar-refractivity contribution < 1.29 is 19.1 Å². The molecule has 0 bridgehead atoms. The first-order valence-electron chi connectivity index (χ1n) is 7.83. The number of carbonyl (C=O) groups is 2. The van der Waals surface area contributed by atoms with E-state index in [0.717, 1.165) is 0 Å². The molecule has 0 saturated heterocycles. The topological polar surface area (TPSA) is 64.6 Å². The third-order valence-electron chi connectivity index (χ3n) is 3.38. The van der Waals surface area contributed by atoms with Crippen LogP contribution in [0.3, 0.4) is 0 Å². The minimum Gasteiger partial charge on any atom is -0.497 e. The van der Waals surface area contributed by atoms with E-state index < -0.39 is 18.0 Å². The van der Waals surface area contributed by atoms with Gasteiger partial charge < -0.3 is 14.8 Å². The number of esters is 1. The molecule has 1 atom stereocenters. The molecule has 0 spiro atoms. The van der Waals surface area contributed by atoms with E-state index in [2.05, 4.69) is 5.32 Å². The number of nitrogens with one attached hydrogen (secondary N) is 1. The number of benzene rings is 2. The molecule has 0 fully saturated rings. The highest BCUT2D eigenvalue weighted by atomic mass is 16.5. The summed E-state index contributed by atoms with van der Waals surface area (Å²) in [6.07, 6.45) is -0.0513. The third kappa shape index (κ3) is 4.84. The predicted octanol–water partition coefficient (Wildman–Crippen LogP) is 3.72. The van der Waals surface area contributed by atoms with Crippen molar-refractivity contribution in [1.82, 2.24) is 0 Å². The lowest BCUT2D eigenvalue weighted by Gasteiger charge is -2.18. The van der Waals surface area contributed by atoms with Crippen LogP contribution in [-0.2, 0) is 14.3 Å². The van der Waals surface area contributed by atoms with Crippen LogP contribution in [0.15, 0.2) is 54.6 Å². The molecule has 0 saturated carbocycles. The maximum absolute atomic E-state index is 12.6. The fourth-order valence-electron chi connectivity index (χ4n) is 2.20. The minimum atomic E-state index is -0.989. The van der Waals surface area contributed by atoms with E-state index in [1.807, 2.05) is 13.0 Å². The number of carbonyl (C=O) groups excluding carboxylic acids is 2. The summed E-state index contributed by atoms with van der Waals surface area (Å²) < 4.78 is 10.5. The molecule has 0 heterocycles. The van der Waals surface area contributed by atoms with Crippen LogP contribution in [0.25, 0.3) is 0 Å². The molecular formula is C19H21NO4. The Kier molecular flexibility index (Phi) is 6.37. The van der Waals surface area contributed by atoms with Gasteiger partial charge in [-0.3, -0.25) is 9.59 Å². The Balaban J connectivity index is 2.18. The van der Waals surface area contributed by atoms with Crippen LogP contribution >= 0.6 is 0 Å². The molecule has 24 heavy (non-hydrogen) atoms. The lowest BCUT2D eigenvalue weighted by molar-refractivity contribution is -0.154. The Labute approximate surface area is 141 Å². The van der Waals surface area contributed by atoms with E-state index in [-0.39, 0.29) is 6.42 Å². The maximum atomic E-state index is 12.6. The van der Waals surface area contributed by atoms with Gasteiger partial charge in [0.05, 0.1) is 7.11 Å². The normalized spacial score (nSPS) is 11.4. The molecule has 5 nitrogen and oxygen atoms in total. The lowest BCUT2D eigenvalue weighted by atomic mass is 10.1. The van der Waals surface area contributed by atoms with Crippen molar-refractivity contribution in [2.75, 3.05) is 12.4 Å². The first-order chi connectivity index (χ1) is 11.6. The third-order valence-corrected chi connectivity index (χ3v) is 3.38. The summed E-state index contributed by atoms with van der Waals surface area (Å²) in [5, 5.41) is 2.77. The van der Waals surface area contributed by atoms with Gasteiger partial charge in [0, 0.05) is 23.7 Å². The monoisotopic (exact) mass is 327 g/mol. The second-order valence-electron chi connectivity index (χ2n) is 5.25. The maximum Gasteiger partial charge on any atom is 0.306 e. The van der Waals surface area contributed by atoms with E-state index in [4.69, 9.17) is 9.47 Å². The Morgan fingerprint density at radius 2 is 1.83 bits per heavy atom. The van der Waals surface area contributed by atoms with Gasteiger partial charge in [0.1, 0.15) is 5.75 Å². The van der Waals surface area contributed by atoms with Gasteiger partial charge in [-0.15, -0.1) is 0 Å². The Bertz CT molecular complexity index is 685. The lowest BCUT2D eigenvalue weighted by Crippen LogP contribution is -2.25. The van der Waals surface area contributed by atoms with Crippen LogP contribution in [0.1, 0.15) is 31.4 Å². The fraction of sp³-hybridized carbons (Fsp3) is 0.263. The highest BCUT2D eigenvalue weighted by Gasteiger charge is 2.24. The van der Waals surface area contributed by atoms with Crippen molar-refractivity contribution in [3.05, 3.63) is 60.2 Å². The summed E-state index contributed by atoms with van der Waals surface area (Å²) in [6, 6.07) is 16.0. The summed E-state index contributed by atoms with van der Waals surface area (Å²) in [5.41, 5.74) is 1.20. The number of hydrogen-bond donors (Lipinski definition) is 1. The summed E-state index contributed by atoms with van der Waals surface area (Å²) >= 11 is 0. The Morgan fingerprint density at radius 3 is 2.50 bits per heavy atom. The van der Waals surface area contributed by atoms with Crippen molar-refractivity contribution in [1.29, 1.82) is 0 Å². The number of anilines is 1. The predicted molar refractivity (Wildman–Crippen MR) is 91.8 cm³/mol. The van der Waals surface area contributed by atoms with Crippen molar-refractivity contribution in [3.63, 3.8) is 0 Å². The highest BCUT2D eigenvalue weighted by Crippen LogP contribution is 2.22. The van der Waals surface area contributed by atoms with Gasteiger partial charge in [0.25, 0.3) is 5.91 Å². The molecule has 0 aliphatic carbocycles. The SMILES string of the molecule is CCCC(=O)O[C@@H](C(=O)Nc1cccc(OC)c1)c1ccccc1. The average molecular weight is 327 g/mol. The van der Waals surface area contributed by atoms with E-state index in [9.17, 15) is 9.59 Å². The van der Waals surface area contributed by atoms with E-state index in [1.165, 1.54) is 0 Å². The number of methoxy groups -OCH3 is 1. The van der Waals surface area contributed by atoms with Crippen molar-refractivity contribution in [3.8, 4) is 5.75 Å². The zero-order chi connectivity index (χ0) is 17.4. The van der Waals surface area contributed by atoms with Gasteiger partial charge in [-0.25, -0.2) is 0 Å². The van der Waals surface area contributed by atoms with Crippen LogP contribution in [0.2, 0.25) is 0 Å². The molecule has 0 aliphatic heterocycles. The van der Waals surface area contributed by atoms with E-state index >= 15 is 0 Å². The smallest absolute Gasteiger partial charge is 0.306 e.